The van der Waals surface area contributed by atoms with Crippen LogP contribution in [0.4, 0.5) is 0 Å². The van der Waals surface area contributed by atoms with Crippen molar-refractivity contribution in [3.05, 3.63) is 0 Å². The topological polar surface area (TPSA) is 6.48 Å². The Hall–Kier alpha value is 0.210. The Labute approximate surface area is 101 Å². The van der Waals surface area contributed by atoms with Crippen LogP contribution in [0.15, 0.2) is 0 Å². The van der Waals surface area contributed by atoms with Crippen molar-refractivity contribution in [1.82, 2.24) is 9.80 Å². The first-order valence-electron chi connectivity index (χ1n) is 6.31. The highest BCUT2D eigenvalue weighted by atomic mass is 35.5. The number of rotatable bonds is 5. The van der Waals surface area contributed by atoms with E-state index in [0.29, 0.717) is 0 Å². The van der Waals surface area contributed by atoms with Crippen LogP contribution in [0.2, 0.25) is 0 Å². The minimum atomic E-state index is 0. The lowest BCUT2D eigenvalue weighted by molar-refractivity contribution is 0.219. The van der Waals surface area contributed by atoms with Crippen LogP contribution in [0, 0.1) is 0 Å². The molecule has 0 aromatic rings. The summed E-state index contributed by atoms with van der Waals surface area (Å²) in [6.45, 7) is 12.1. The summed E-state index contributed by atoms with van der Waals surface area (Å²) in [7, 11) is 0. The standard InChI is InChI=1S/C12H26N2.ClH/c1-3-13(4-2)11-12-14-9-7-5-6-8-10-14;/h3-12H2,1-2H3;1H. The number of likely N-dealkylation sites (tertiary alicyclic amines) is 1. The number of likely N-dealkylation sites (N-methyl/N-ethyl adjacent to an activating group) is 1. The van der Waals surface area contributed by atoms with Crippen LogP contribution in [0.3, 0.4) is 0 Å². The van der Waals surface area contributed by atoms with Gasteiger partial charge in [-0.25, -0.2) is 0 Å². The molecule has 1 fully saturated rings. The largest absolute Gasteiger partial charge is 0.303 e. The lowest BCUT2D eigenvalue weighted by Gasteiger charge is -2.24. The number of nitrogens with zero attached hydrogens (tertiary/aromatic N) is 2. The molecule has 0 atom stereocenters. The Morgan fingerprint density at radius 3 is 1.93 bits per heavy atom. The van der Waals surface area contributed by atoms with Crippen LogP contribution in [-0.2, 0) is 0 Å². The molecule has 1 rings (SSSR count). The van der Waals surface area contributed by atoms with E-state index < -0.39 is 0 Å². The quantitative estimate of drug-likeness (QED) is 0.722. The second kappa shape index (κ2) is 9.44. The van der Waals surface area contributed by atoms with Gasteiger partial charge in [-0.2, -0.15) is 0 Å². The van der Waals surface area contributed by atoms with E-state index in [9.17, 15) is 0 Å². The normalized spacial score (nSPS) is 18.6. The van der Waals surface area contributed by atoms with E-state index in [2.05, 4.69) is 23.6 Å². The maximum Gasteiger partial charge on any atom is 0.0109 e. The highest BCUT2D eigenvalue weighted by molar-refractivity contribution is 5.85. The Morgan fingerprint density at radius 2 is 1.47 bits per heavy atom. The monoisotopic (exact) mass is 234 g/mol. The van der Waals surface area contributed by atoms with Crippen molar-refractivity contribution in [2.75, 3.05) is 39.3 Å². The smallest absolute Gasteiger partial charge is 0.0109 e. The fourth-order valence-corrected chi connectivity index (χ4v) is 2.18. The van der Waals surface area contributed by atoms with Crippen LogP contribution < -0.4 is 0 Å². The molecule has 1 aliphatic heterocycles. The predicted molar refractivity (Wildman–Crippen MR) is 69.9 cm³/mol. The highest BCUT2D eigenvalue weighted by Crippen LogP contribution is 2.09. The number of hydrogen-bond acceptors (Lipinski definition) is 2. The molecule has 2 nitrogen and oxygen atoms in total. The fourth-order valence-electron chi connectivity index (χ4n) is 2.18. The molecule has 1 heterocycles. The second-order valence-electron chi connectivity index (χ2n) is 4.28. The van der Waals surface area contributed by atoms with Gasteiger partial charge in [-0.3, -0.25) is 0 Å². The molecule has 3 heteroatoms. The summed E-state index contributed by atoms with van der Waals surface area (Å²) in [5.41, 5.74) is 0. The lowest BCUT2D eigenvalue weighted by Crippen LogP contribution is -2.35. The zero-order chi connectivity index (χ0) is 10.2. The third-order valence-electron chi connectivity index (χ3n) is 3.33. The van der Waals surface area contributed by atoms with Crippen molar-refractivity contribution in [3.8, 4) is 0 Å². The Bertz CT molecular complexity index is 130. The molecule has 1 saturated heterocycles. The van der Waals surface area contributed by atoms with Gasteiger partial charge >= 0.3 is 0 Å². The van der Waals surface area contributed by atoms with Gasteiger partial charge in [0.25, 0.3) is 0 Å². The average Bonchev–Trinajstić information content (AvgIpc) is 2.48. The van der Waals surface area contributed by atoms with Crippen molar-refractivity contribution in [1.29, 1.82) is 0 Å². The average molecular weight is 235 g/mol. The first-order chi connectivity index (χ1) is 6.86. The van der Waals surface area contributed by atoms with Crippen LogP contribution >= 0.6 is 12.4 Å². The van der Waals surface area contributed by atoms with Gasteiger partial charge in [0.15, 0.2) is 0 Å². The summed E-state index contributed by atoms with van der Waals surface area (Å²) in [4.78, 5) is 5.16. The van der Waals surface area contributed by atoms with Gasteiger partial charge in [-0.15, -0.1) is 12.4 Å². The van der Waals surface area contributed by atoms with Crippen molar-refractivity contribution in [2.45, 2.75) is 39.5 Å². The minimum absolute atomic E-state index is 0. The molecule has 92 valence electrons. The van der Waals surface area contributed by atoms with Crippen molar-refractivity contribution < 1.29 is 0 Å². The Balaban J connectivity index is 0.00000196. The summed E-state index contributed by atoms with van der Waals surface area (Å²) in [5, 5.41) is 0. The third-order valence-corrected chi connectivity index (χ3v) is 3.33. The number of halogens is 1. The zero-order valence-electron chi connectivity index (χ0n) is 10.4. The van der Waals surface area contributed by atoms with Gasteiger partial charge in [0.2, 0.25) is 0 Å². The molecule has 0 spiro atoms. The molecule has 15 heavy (non-hydrogen) atoms. The van der Waals surface area contributed by atoms with Crippen LogP contribution in [0.5, 0.6) is 0 Å². The summed E-state index contributed by atoms with van der Waals surface area (Å²) >= 11 is 0. The third kappa shape index (κ3) is 6.39. The summed E-state index contributed by atoms with van der Waals surface area (Å²) in [5.74, 6) is 0. The molecular weight excluding hydrogens is 208 g/mol. The molecule has 0 amide bonds. The molecule has 1 aliphatic rings. The first kappa shape index (κ1) is 15.2. The Morgan fingerprint density at radius 1 is 0.933 bits per heavy atom. The maximum atomic E-state index is 2.64. The molecule has 0 aromatic heterocycles. The molecule has 0 aliphatic carbocycles. The Kier molecular flexibility index (Phi) is 9.57. The summed E-state index contributed by atoms with van der Waals surface area (Å²) in [6.07, 6.45) is 5.72. The van der Waals surface area contributed by atoms with E-state index in [-0.39, 0.29) is 12.4 Å². The van der Waals surface area contributed by atoms with Gasteiger partial charge in [0, 0.05) is 13.1 Å². The molecule has 0 bridgehead atoms. The lowest BCUT2D eigenvalue weighted by atomic mass is 10.2. The molecular formula is C12H27ClN2. The predicted octanol–water partition coefficient (Wildman–Crippen LogP) is 2.63. The van der Waals surface area contributed by atoms with E-state index in [1.807, 2.05) is 0 Å². The van der Waals surface area contributed by atoms with Crippen molar-refractivity contribution >= 4 is 12.4 Å². The van der Waals surface area contributed by atoms with E-state index in [1.165, 1.54) is 65.0 Å². The van der Waals surface area contributed by atoms with Crippen LogP contribution in [0.25, 0.3) is 0 Å². The van der Waals surface area contributed by atoms with E-state index in [4.69, 9.17) is 0 Å². The van der Waals surface area contributed by atoms with E-state index in [0.717, 1.165) is 0 Å². The van der Waals surface area contributed by atoms with Gasteiger partial charge in [-0.05, 0) is 39.0 Å². The maximum absolute atomic E-state index is 2.64. The second-order valence-corrected chi connectivity index (χ2v) is 4.28. The van der Waals surface area contributed by atoms with Crippen molar-refractivity contribution in [3.63, 3.8) is 0 Å². The van der Waals surface area contributed by atoms with Gasteiger partial charge in [-0.1, -0.05) is 26.7 Å². The van der Waals surface area contributed by atoms with Gasteiger partial charge in [0.1, 0.15) is 0 Å². The SMILES string of the molecule is CCN(CC)CCN1CCCCCC1.Cl. The van der Waals surface area contributed by atoms with Crippen molar-refractivity contribution in [2.24, 2.45) is 0 Å². The fraction of sp³-hybridized carbons (Fsp3) is 1.00. The molecule has 0 unspecified atom stereocenters. The van der Waals surface area contributed by atoms with Gasteiger partial charge < -0.3 is 9.80 Å². The van der Waals surface area contributed by atoms with Gasteiger partial charge in [0.05, 0.1) is 0 Å². The molecule has 0 aromatic carbocycles. The first-order valence-corrected chi connectivity index (χ1v) is 6.31. The van der Waals surface area contributed by atoms with E-state index >= 15 is 0 Å². The highest BCUT2D eigenvalue weighted by Gasteiger charge is 2.09. The van der Waals surface area contributed by atoms with Crippen LogP contribution in [0.1, 0.15) is 39.5 Å². The summed E-state index contributed by atoms with van der Waals surface area (Å²) in [6, 6.07) is 0. The molecule has 0 N–H and O–H groups in total. The minimum Gasteiger partial charge on any atom is -0.303 e. The molecule has 0 saturated carbocycles. The number of hydrogen-bond donors (Lipinski definition) is 0. The zero-order valence-corrected chi connectivity index (χ0v) is 11.2. The van der Waals surface area contributed by atoms with Crippen LogP contribution in [-0.4, -0.2) is 49.1 Å². The molecule has 0 radical (unpaired) electrons. The van der Waals surface area contributed by atoms with E-state index in [1.54, 1.807) is 0 Å². The summed E-state index contributed by atoms with van der Waals surface area (Å²) < 4.78 is 0.